The third-order valence-electron chi connectivity index (χ3n) is 3.86. The highest BCUT2D eigenvalue weighted by molar-refractivity contribution is 6.37. The van der Waals surface area contributed by atoms with E-state index >= 15 is 0 Å². The Kier molecular flexibility index (Phi) is 5.64. The molecule has 6 nitrogen and oxygen atoms in total. The highest BCUT2D eigenvalue weighted by atomic mass is 35.5. The summed E-state index contributed by atoms with van der Waals surface area (Å²) in [4.78, 5) is 0. The minimum atomic E-state index is 0.289. The Hall–Kier alpha value is -2.31. The van der Waals surface area contributed by atoms with Gasteiger partial charge in [-0.2, -0.15) is 0 Å². The second-order valence-electron chi connectivity index (χ2n) is 6.07. The highest BCUT2D eigenvalue weighted by Gasteiger charge is 2.14. The lowest BCUT2D eigenvalue weighted by Crippen LogP contribution is -1.96. The van der Waals surface area contributed by atoms with Crippen LogP contribution in [0.4, 0.5) is 0 Å². The lowest BCUT2D eigenvalue weighted by molar-refractivity contribution is 0.405. The zero-order valence-corrected chi connectivity index (χ0v) is 16.1. The van der Waals surface area contributed by atoms with E-state index in [1.54, 1.807) is 19.2 Å². The number of H-pyrrole nitrogens is 1. The Morgan fingerprint density at radius 1 is 1.12 bits per heavy atom. The monoisotopic (exact) mass is 392 g/mol. The number of tetrazole rings is 1. The Morgan fingerprint density at radius 2 is 1.85 bits per heavy atom. The summed E-state index contributed by atoms with van der Waals surface area (Å²) in [6.07, 6.45) is 0.493. The van der Waals surface area contributed by atoms with Crippen molar-refractivity contribution < 1.29 is 9.47 Å². The molecule has 3 aromatic rings. The van der Waals surface area contributed by atoms with Crippen molar-refractivity contribution in [1.82, 2.24) is 20.6 Å². The van der Waals surface area contributed by atoms with Crippen LogP contribution in [0.15, 0.2) is 30.3 Å². The average Bonchev–Trinajstić information content (AvgIpc) is 3.11. The molecule has 26 heavy (non-hydrogen) atoms. The minimum absolute atomic E-state index is 0.289. The number of ether oxygens (including phenoxy) is 2. The summed E-state index contributed by atoms with van der Waals surface area (Å²) in [5, 5.41) is 14.5. The van der Waals surface area contributed by atoms with Gasteiger partial charge in [-0.15, -0.1) is 5.10 Å². The second kappa shape index (κ2) is 7.93. The van der Waals surface area contributed by atoms with Crippen LogP contribution in [0, 0.1) is 0 Å². The molecule has 0 saturated heterocycles. The molecule has 1 heterocycles. The highest BCUT2D eigenvalue weighted by Crippen LogP contribution is 2.39. The summed E-state index contributed by atoms with van der Waals surface area (Å²) in [6, 6.07) is 9.21. The fourth-order valence-corrected chi connectivity index (χ4v) is 3.21. The molecule has 136 valence electrons. The van der Waals surface area contributed by atoms with Crippen molar-refractivity contribution in [3.63, 3.8) is 0 Å². The number of hydrogen-bond donors (Lipinski definition) is 1. The van der Waals surface area contributed by atoms with Crippen LogP contribution in [0.5, 0.6) is 17.2 Å². The minimum Gasteiger partial charge on any atom is -0.496 e. The van der Waals surface area contributed by atoms with Crippen LogP contribution < -0.4 is 9.47 Å². The van der Waals surface area contributed by atoms with Crippen LogP contribution >= 0.6 is 23.2 Å². The van der Waals surface area contributed by atoms with Crippen LogP contribution in [0.2, 0.25) is 10.0 Å². The number of halogens is 2. The van der Waals surface area contributed by atoms with Gasteiger partial charge >= 0.3 is 0 Å². The summed E-state index contributed by atoms with van der Waals surface area (Å²) in [6.45, 7) is 4.18. The van der Waals surface area contributed by atoms with Gasteiger partial charge in [0.1, 0.15) is 11.5 Å². The van der Waals surface area contributed by atoms with Crippen molar-refractivity contribution in [1.29, 1.82) is 0 Å². The van der Waals surface area contributed by atoms with Crippen molar-refractivity contribution in [3.8, 4) is 17.2 Å². The molecule has 2 aromatic carbocycles. The van der Waals surface area contributed by atoms with E-state index in [0.29, 0.717) is 33.8 Å². The Morgan fingerprint density at radius 3 is 2.42 bits per heavy atom. The fourth-order valence-electron chi connectivity index (χ4n) is 2.60. The average molecular weight is 393 g/mol. The maximum atomic E-state index is 6.39. The number of nitrogens with zero attached hydrogens (tertiary/aromatic N) is 3. The standard InChI is InChI=1S/C18H18Cl2N4O2/c1-10(2)13-9-12(4-5-16(13)25-3)26-18-14(19)6-11(7-15(18)20)8-17-21-23-24-22-17/h4-7,9-10H,8H2,1-3H3,(H,21,22,23,24). The van der Waals surface area contributed by atoms with Crippen LogP contribution in [0.25, 0.3) is 0 Å². The smallest absolute Gasteiger partial charge is 0.164 e. The number of rotatable bonds is 6. The molecule has 0 bridgehead atoms. The first kappa shape index (κ1) is 18.5. The quantitative estimate of drug-likeness (QED) is 0.637. The zero-order valence-electron chi connectivity index (χ0n) is 14.6. The van der Waals surface area contributed by atoms with Gasteiger partial charge in [-0.05, 0) is 52.2 Å². The van der Waals surface area contributed by atoms with Gasteiger partial charge in [-0.1, -0.05) is 37.0 Å². The molecule has 3 rings (SSSR count). The topological polar surface area (TPSA) is 72.9 Å². The first-order valence-corrected chi connectivity index (χ1v) is 8.79. The van der Waals surface area contributed by atoms with Crippen molar-refractivity contribution in [3.05, 3.63) is 57.3 Å². The summed E-state index contributed by atoms with van der Waals surface area (Å²) in [5.41, 5.74) is 1.93. The molecule has 0 aliphatic heterocycles. The Labute approximate surface area is 161 Å². The molecule has 0 spiro atoms. The first-order chi connectivity index (χ1) is 12.5. The van der Waals surface area contributed by atoms with Gasteiger partial charge in [0.05, 0.1) is 17.2 Å². The van der Waals surface area contributed by atoms with Gasteiger partial charge in [0, 0.05) is 12.0 Å². The van der Waals surface area contributed by atoms with Gasteiger partial charge in [0.2, 0.25) is 0 Å². The SMILES string of the molecule is COc1ccc(Oc2c(Cl)cc(Cc3nnn[nH]3)cc2Cl)cc1C(C)C. The second-order valence-corrected chi connectivity index (χ2v) is 6.89. The summed E-state index contributed by atoms with van der Waals surface area (Å²) in [7, 11) is 1.65. The van der Waals surface area contributed by atoms with Crippen LogP contribution in [0.3, 0.4) is 0 Å². The van der Waals surface area contributed by atoms with E-state index in [2.05, 4.69) is 34.5 Å². The number of nitrogens with one attached hydrogen (secondary N) is 1. The number of methoxy groups -OCH3 is 1. The molecular weight excluding hydrogens is 375 g/mol. The number of hydrogen-bond acceptors (Lipinski definition) is 5. The lowest BCUT2D eigenvalue weighted by Gasteiger charge is -2.15. The van der Waals surface area contributed by atoms with Gasteiger partial charge in [0.25, 0.3) is 0 Å². The maximum Gasteiger partial charge on any atom is 0.164 e. The molecule has 0 aliphatic carbocycles. The fraction of sp³-hybridized carbons (Fsp3) is 0.278. The molecule has 0 atom stereocenters. The van der Waals surface area contributed by atoms with E-state index in [9.17, 15) is 0 Å². The van der Waals surface area contributed by atoms with E-state index in [1.165, 1.54) is 0 Å². The molecule has 0 fully saturated rings. The van der Waals surface area contributed by atoms with E-state index in [1.807, 2.05) is 18.2 Å². The summed E-state index contributed by atoms with van der Waals surface area (Å²) >= 11 is 12.8. The molecule has 0 amide bonds. The molecule has 0 radical (unpaired) electrons. The molecule has 8 heteroatoms. The molecule has 0 unspecified atom stereocenters. The van der Waals surface area contributed by atoms with Gasteiger partial charge in [-0.3, -0.25) is 0 Å². The lowest BCUT2D eigenvalue weighted by atomic mass is 10.0. The molecule has 1 aromatic heterocycles. The van der Waals surface area contributed by atoms with Crippen molar-refractivity contribution in [2.75, 3.05) is 7.11 Å². The van der Waals surface area contributed by atoms with Crippen molar-refractivity contribution >= 4 is 23.2 Å². The molecule has 1 N–H and O–H groups in total. The predicted octanol–water partition coefficient (Wildman–Crippen LogP) is 5.02. The first-order valence-electron chi connectivity index (χ1n) is 8.04. The van der Waals surface area contributed by atoms with E-state index in [4.69, 9.17) is 32.7 Å². The Bertz CT molecular complexity index is 875. The molecule has 0 saturated carbocycles. The number of benzene rings is 2. The largest absolute Gasteiger partial charge is 0.496 e. The van der Waals surface area contributed by atoms with E-state index in [-0.39, 0.29) is 5.92 Å². The van der Waals surface area contributed by atoms with Crippen LogP contribution in [-0.4, -0.2) is 27.7 Å². The third kappa shape index (κ3) is 4.08. The predicted molar refractivity (Wildman–Crippen MR) is 101 cm³/mol. The molecule has 0 aliphatic rings. The van der Waals surface area contributed by atoms with Crippen molar-refractivity contribution in [2.24, 2.45) is 0 Å². The van der Waals surface area contributed by atoms with Crippen molar-refractivity contribution in [2.45, 2.75) is 26.2 Å². The summed E-state index contributed by atoms with van der Waals surface area (Å²) < 4.78 is 11.4. The normalized spacial score (nSPS) is 11.0. The van der Waals surface area contributed by atoms with Gasteiger partial charge in [0.15, 0.2) is 11.6 Å². The van der Waals surface area contributed by atoms with Crippen LogP contribution in [-0.2, 0) is 6.42 Å². The molecular formula is C18H18Cl2N4O2. The summed E-state index contributed by atoms with van der Waals surface area (Å²) in [5.74, 6) is 2.79. The van der Waals surface area contributed by atoms with Gasteiger partial charge < -0.3 is 9.47 Å². The van der Waals surface area contributed by atoms with Gasteiger partial charge in [-0.25, -0.2) is 5.10 Å². The Balaban J connectivity index is 1.87. The van der Waals surface area contributed by atoms with Crippen LogP contribution in [0.1, 0.15) is 36.7 Å². The maximum absolute atomic E-state index is 6.39. The number of aromatic amines is 1. The van der Waals surface area contributed by atoms with E-state index in [0.717, 1.165) is 16.9 Å². The number of aromatic nitrogens is 4. The third-order valence-corrected chi connectivity index (χ3v) is 4.42. The zero-order chi connectivity index (χ0) is 18.7. The van der Waals surface area contributed by atoms with E-state index < -0.39 is 0 Å².